The van der Waals surface area contributed by atoms with Gasteiger partial charge in [0.15, 0.2) is 0 Å². The summed E-state index contributed by atoms with van der Waals surface area (Å²) < 4.78 is 2.60. The van der Waals surface area contributed by atoms with Crippen molar-refractivity contribution < 1.29 is 4.79 Å². The molecule has 0 bridgehead atoms. The largest absolute Gasteiger partial charge is 0.286 e. The van der Waals surface area contributed by atoms with Gasteiger partial charge in [0.1, 0.15) is 0 Å². The molecule has 0 aliphatic heterocycles. The molecule has 0 fully saturated rings. The maximum atomic E-state index is 10.6. The van der Waals surface area contributed by atoms with E-state index in [1.807, 2.05) is 0 Å². The topological polar surface area (TPSA) is 29.1 Å². The minimum atomic E-state index is -0.188. The zero-order valence-electron chi connectivity index (χ0n) is 6.00. The van der Waals surface area contributed by atoms with Gasteiger partial charge < -0.3 is 0 Å². The summed E-state index contributed by atoms with van der Waals surface area (Å²) in [5, 5.41) is -0.136. The Morgan fingerprint density at radius 2 is 2.30 bits per heavy atom. The summed E-state index contributed by atoms with van der Waals surface area (Å²) in [7, 11) is 0. The first-order valence-corrected chi connectivity index (χ1v) is 4.24. The summed E-state index contributed by atoms with van der Waals surface area (Å²) in [6.07, 6.45) is 2.94. The van der Waals surface area contributed by atoms with Gasteiger partial charge in [-0.3, -0.25) is 9.52 Å². The zero-order chi connectivity index (χ0) is 7.98. The van der Waals surface area contributed by atoms with Crippen LogP contribution < -0.4 is 4.72 Å². The van der Waals surface area contributed by atoms with Crippen molar-refractivity contribution in [2.24, 2.45) is 0 Å². The summed E-state index contributed by atoms with van der Waals surface area (Å²) in [4.78, 5) is 10.6. The van der Waals surface area contributed by atoms with E-state index in [1.54, 1.807) is 0 Å². The third-order valence-corrected chi connectivity index (χ3v) is 1.92. The Bertz CT molecular complexity index is 108. The van der Waals surface area contributed by atoms with E-state index in [4.69, 9.17) is 0 Å². The standard InChI is InChI=1S/C6H13NOS2/c1-2-3-4-5(7-10)6(8)9/h5,7,10H,2-4H2,1H3,(H,8,9)/t5-/m1/s1. The highest BCUT2D eigenvalue weighted by Crippen LogP contribution is 2.03. The van der Waals surface area contributed by atoms with E-state index in [0.29, 0.717) is 0 Å². The first-order chi connectivity index (χ1) is 4.72. The Labute approximate surface area is 72.7 Å². The van der Waals surface area contributed by atoms with Gasteiger partial charge in [0.05, 0.1) is 6.04 Å². The molecule has 10 heavy (non-hydrogen) atoms. The van der Waals surface area contributed by atoms with Crippen LogP contribution in [0.25, 0.3) is 0 Å². The lowest BCUT2D eigenvalue weighted by Crippen LogP contribution is -2.27. The Kier molecular flexibility index (Phi) is 6.27. The van der Waals surface area contributed by atoms with Gasteiger partial charge in [-0.25, -0.2) is 0 Å². The lowest BCUT2D eigenvalue weighted by molar-refractivity contribution is -0.112. The molecule has 0 heterocycles. The van der Waals surface area contributed by atoms with Crippen LogP contribution in [0, 0.1) is 0 Å². The molecule has 0 radical (unpaired) electrons. The maximum absolute atomic E-state index is 10.6. The number of nitrogens with one attached hydrogen (secondary N) is 1. The van der Waals surface area contributed by atoms with E-state index in [2.05, 4.69) is 37.1 Å². The van der Waals surface area contributed by atoms with E-state index in [9.17, 15) is 4.79 Å². The van der Waals surface area contributed by atoms with Gasteiger partial charge in [-0.1, -0.05) is 32.6 Å². The number of carbonyl (C=O) groups is 1. The van der Waals surface area contributed by atoms with Crippen LogP contribution in [0.2, 0.25) is 0 Å². The van der Waals surface area contributed by atoms with E-state index >= 15 is 0 Å². The Hall–Kier alpha value is 0.330. The molecule has 0 aromatic carbocycles. The summed E-state index contributed by atoms with van der Waals surface area (Å²) in [6, 6.07) is -0.188. The predicted molar refractivity (Wildman–Crippen MR) is 49.4 cm³/mol. The Balaban J connectivity index is 3.50. The van der Waals surface area contributed by atoms with Crippen molar-refractivity contribution in [2.45, 2.75) is 32.2 Å². The van der Waals surface area contributed by atoms with Gasteiger partial charge >= 0.3 is 0 Å². The molecule has 0 amide bonds. The summed E-state index contributed by atoms with van der Waals surface area (Å²) in [5.41, 5.74) is 0. The fourth-order valence-corrected chi connectivity index (χ4v) is 1.19. The van der Waals surface area contributed by atoms with Crippen molar-refractivity contribution in [1.29, 1.82) is 0 Å². The second-order valence-electron chi connectivity index (χ2n) is 2.16. The third kappa shape index (κ3) is 4.19. The lowest BCUT2D eigenvalue weighted by Gasteiger charge is -2.08. The van der Waals surface area contributed by atoms with Crippen molar-refractivity contribution in [2.75, 3.05) is 0 Å². The number of rotatable bonds is 5. The molecule has 0 aliphatic carbocycles. The van der Waals surface area contributed by atoms with Gasteiger partial charge in [-0.2, -0.15) is 0 Å². The van der Waals surface area contributed by atoms with E-state index in [1.165, 1.54) is 0 Å². The molecule has 0 aliphatic rings. The van der Waals surface area contributed by atoms with Crippen LogP contribution in [-0.2, 0) is 4.79 Å². The molecule has 0 saturated carbocycles. The monoisotopic (exact) mass is 179 g/mol. The molecule has 2 nitrogen and oxygen atoms in total. The highest BCUT2D eigenvalue weighted by Gasteiger charge is 2.10. The van der Waals surface area contributed by atoms with Crippen LogP contribution in [0.3, 0.4) is 0 Å². The summed E-state index contributed by atoms with van der Waals surface area (Å²) in [5.74, 6) is 0. The Morgan fingerprint density at radius 3 is 2.60 bits per heavy atom. The van der Waals surface area contributed by atoms with E-state index in [0.717, 1.165) is 19.3 Å². The van der Waals surface area contributed by atoms with Crippen LogP contribution in [0.15, 0.2) is 0 Å². The van der Waals surface area contributed by atoms with Gasteiger partial charge in [0.25, 0.3) is 0 Å². The maximum Gasteiger partial charge on any atom is 0.203 e. The normalized spacial score (nSPS) is 13.1. The lowest BCUT2D eigenvalue weighted by atomic mass is 10.1. The first-order valence-electron chi connectivity index (χ1n) is 3.34. The number of thiol groups is 2. The van der Waals surface area contributed by atoms with Crippen molar-refractivity contribution in [3.05, 3.63) is 0 Å². The molecule has 0 unspecified atom stereocenters. The molecule has 1 atom stereocenters. The van der Waals surface area contributed by atoms with Gasteiger partial charge in [-0.15, -0.1) is 12.6 Å². The smallest absolute Gasteiger partial charge is 0.203 e. The SMILES string of the molecule is CCCC[C@@H](NS)C(=O)S. The molecule has 1 N–H and O–H groups in total. The van der Waals surface area contributed by atoms with Crippen molar-refractivity contribution in [3.63, 3.8) is 0 Å². The van der Waals surface area contributed by atoms with Crippen LogP contribution in [0.1, 0.15) is 26.2 Å². The number of hydrogen-bond donors (Lipinski definition) is 3. The fraction of sp³-hybridized carbons (Fsp3) is 0.833. The molecule has 0 spiro atoms. The molecular weight excluding hydrogens is 166 g/mol. The van der Waals surface area contributed by atoms with Gasteiger partial charge in [0.2, 0.25) is 5.12 Å². The highest BCUT2D eigenvalue weighted by atomic mass is 32.1. The number of unbranched alkanes of at least 4 members (excludes halogenated alkanes) is 1. The van der Waals surface area contributed by atoms with Crippen LogP contribution in [-0.4, -0.2) is 11.2 Å². The molecule has 0 saturated heterocycles. The highest BCUT2D eigenvalue weighted by molar-refractivity contribution is 7.96. The van der Waals surface area contributed by atoms with E-state index < -0.39 is 0 Å². The van der Waals surface area contributed by atoms with Crippen molar-refractivity contribution >= 4 is 30.6 Å². The first kappa shape index (κ1) is 10.3. The second-order valence-corrected chi connectivity index (χ2v) is 2.86. The molecule has 0 aromatic rings. The summed E-state index contributed by atoms with van der Waals surface area (Å²) >= 11 is 7.50. The average Bonchev–Trinajstić information content (AvgIpc) is 1.89. The van der Waals surface area contributed by atoms with Crippen molar-refractivity contribution in [1.82, 2.24) is 4.72 Å². The average molecular weight is 179 g/mol. The van der Waals surface area contributed by atoms with Crippen LogP contribution in [0.5, 0.6) is 0 Å². The summed E-state index contributed by atoms with van der Waals surface area (Å²) in [6.45, 7) is 2.08. The molecule has 0 rings (SSSR count). The predicted octanol–water partition coefficient (Wildman–Crippen LogP) is 1.44. The van der Waals surface area contributed by atoms with Crippen LogP contribution >= 0.6 is 25.4 Å². The number of hydrogen-bond acceptors (Lipinski definition) is 3. The molecule has 4 heteroatoms. The third-order valence-electron chi connectivity index (χ3n) is 1.30. The molecule has 60 valence electrons. The molecule has 0 aromatic heterocycles. The minimum absolute atomic E-state index is 0.136. The van der Waals surface area contributed by atoms with Gasteiger partial charge in [-0.05, 0) is 6.42 Å². The number of carbonyl (C=O) groups excluding carboxylic acids is 1. The second kappa shape index (κ2) is 6.07. The minimum Gasteiger partial charge on any atom is -0.286 e. The fourth-order valence-electron chi connectivity index (χ4n) is 0.651. The Morgan fingerprint density at radius 1 is 1.70 bits per heavy atom. The van der Waals surface area contributed by atoms with E-state index in [-0.39, 0.29) is 11.2 Å². The zero-order valence-corrected chi connectivity index (χ0v) is 7.79. The van der Waals surface area contributed by atoms with Crippen molar-refractivity contribution in [3.8, 4) is 0 Å². The molecular formula is C6H13NOS2. The van der Waals surface area contributed by atoms with Gasteiger partial charge in [0, 0.05) is 0 Å². The van der Waals surface area contributed by atoms with Crippen LogP contribution in [0.4, 0.5) is 0 Å². The quantitative estimate of drug-likeness (QED) is 0.557.